The number of ether oxygens (including phenoxy) is 1. The molecule has 1 aromatic carbocycles. The lowest BCUT2D eigenvalue weighted by Gasteiger charge is -2.21. The third-order valence-corrected chi connectivity index (χ3v) is 2.55. The normalized spacial score (nSPS) is 13.1. The van der Waals surface area contributed by atoms with Gasteiger partial charge in [-0.15, -0.1) is 0 Å². The summed E-state index contributed by atoms with van der Waals surface area (Å²) < 4.78 is 70.3. The summed E-state index contributed by atoms with van der Waals surface area (Å²) in [6, 6.07) is 0.491. The van der Waals surface area contributed by atoms with E-state index in [1.807, 2.05) is 0 Å². The van der Waals surface area contributed by atoms with Crippen LogP contribution in [0.4, 0.5) is 22.0 Å². The zero-order valence-corrected chi connectivity index (χ0v) is 10.3. The maximum absolute atomic E-state index is 13.6. The summed E-state index contributed by atoms with van der Waals surface area (Å²) in [7, 11) is 0. The SMILES string of the molecule is CCC(F)(F)c1cc(F)c(F)cc1O[C@@H](CF)C(=O)O. The number of rotatable bonds is 6. The van der Waals surface area contributed by atoms with Crippen LogP contribution in [0.1, 0.15) is 18.9 Å². The Morgan fingerprint density at radius 1 is 1.35 bits per heavy atom. The highest BCUT2D eigenvalue weighted by Gasteiger charge is 2.35. The van der Waals surface area contributed by atoms with Crippen molar-refractivity contribution in [1.82, 2.24) is 0 Å². The summed E-state index contributed by atoms with van der Waals surface area (Å²) >= 11 is 0. The Morgan fingerprint density at radius 3 is 2.35 bits per heavy atom. The van der Waals surface area contributed by atoms with Gasteiger partial charge in [0.15, 0.2) is 11.6 Å². The zero-order chi connectivity index (χ0) is 15.5. The van der Waals surface area contributed by atoms with Gasteiger partial charge in [-0.1, -0.05) is 6.92 Å². The highest BCUT2D eigenvalue weighted by atomic mass is 19.3. The first-order valence-electron chi connectivity index (χ1n) is 5.55. The van der Waals surface area contributed by atoms with Crippen molar-refractivity contribution in [3.05, 3.63) is 29.3 Å². The Balaban J connectivity index is 3.30. The molecule has 3 nitrogen and oxygen atoms in total. The molecule has 0 fully saturated rings. The van der Waals surface area contributed by atoms with Gasteiger partial charge in [0, 0.05) is 12.5 Å². The molecule has 0 amide bonds. The monoisotopic (exact) mass is 298 g/mol. The fourth-order valence-electron chi connectivity index (χ4n) is 1.40. The zero-order valence-electron chi connectivity index (χ0n) is 10.3. The van der Waals surface area contributed by atoms with Crippen LogP contribution < -0.4 is 4.74 Å². The number of hydrogen-bond acceptors (Lipinski definition) is 2. The molecule has 0 aliphatic rings. The van der Waals surface area contributed by atoms with Gasteiger partial charge in [0.05, 0.1) is 5.56 Å². The van der Waals surface area contributed by atoms with Crippen molar-refractivity contribution in [3.63, 3.8) is 0 Å². The molecule has 0 bridgehead atoms. The Kier molecular flexibility index (Phi) is 4.91. The lowest BCUT2D eigenvalue weighted by molar-refractivity contribution is -0.146. The quantitative estimate of drug-likeness (QED) is 0.820. The molecular weight excluding hydrogens is 287 g/mol. The highest BCUT2D eigenvalue weighted by molar-refractivity contribution is 5.73. The molecule has 1 aromatic rings. The van der Waals surface area contributed by atoms with E-state index in [2.05, 4.69) is 4.74 Å². The van der Waals surface area contributed by atoms with Crippen molar-refractivity contribution in [2.45, 2.75) is 25.4 Å². The fraction of sp³-hybridized carbons (Fsp3) is 0.417. The van der Waals surface area contributed by atoms with E-state index >= 15 is 0 Å². The van der Waals surface area contributed by atoms with Crippen LogP contribution in [0, 0.1) is 11.6 Å². The Hall–Kier alpha value is -1.86. The second kappa shape index (κ2) is 6.06. The molecule has 1 N–H and O–H groups in total. The predicted octanol–water partition coefficient (Wildman–Crippen LogP) is 3.27. The lowest BCUT2D eigenvalue weighted by Crippen LogP contribution is -2.30. The minimum atomic E-state index is -3.57. The standard InChI is InChI=1S/C12H11F5O3/c1-2-12(16,17)6-3-7(14)8(15)4-9(6)20-10(5-13)11(18)19/h3-4,10H,2,5H2,1H3,(H,18,19)/t10-/m0/s1. The van der Waals surface area contributed by atoms with Gasteiger partial charge in [-0.05, 0) is 6.07 Å². The first-order chi connectivity index (χ1) is 9.22. The highest BCUT2D eigenvalue weighted by Crippen LogP contribution is 2.39. The lowest BCUT2D eigenvalue weighted by atomic mass is 10.0. The van der Waals surface area contributed by atoms with Crippen molar-refractivity contribution < 1.29 is 36.6 Å². The number of halogens is 5. The van der Waals surface area contributed by atoms with Gasteiger partial charge < -0.3 is 9.84 Å². The van der Waals surface area contributed by atoms with Gasteiger partial charge in [0.1, 0.15) is 12.4 Å². The average Bonchev–Trinajstić information content (AvgIpc) is 2.38. The number of hydrogen-bond donors (Lipinski definition) is 1. The number of carbonyl (C=O) groups is 1. The van der Waals surface area contributed by atoms with Gasteiger partial charge in [0.25, 0.3) is 5.92 Å². The Morgan fingerprint density at radius 2 is 1.90 bits per heavy atom. The number of alkyl halides is 3. The molecule has 1 rings (SSSR count). The molecule has 1 atom stereocenters. The van der Waals surface area contributed by atoms with Crippen molar-refractivity contribution in [3.8, 4) is 5.75 Å². The smallest absolute Gasteiger partial charge is 0.347 e. The molecule has 0 radical (unpaired) electrons. The number of aliphatic carboxylic acids is 1. The first kappa shape index (κ1) is 16.2. The summed E-state index contributed by atoms with van der Waals surface area (Å²) in [5.74, 6) is -9.25. The van der Waals surface area contributed by atoms with Crippen LogP contribution in [-0.2, 0) is 10.7 Å². The third kappa shape index (κ3) is 3.37. The van der Waals surface area contributed by atoms with Crippen molar-refractivity contribution in [1.29, 1.82) is 0 Å². The van der Waals surface area contributed by atoms with Gasteiger partial charge in [0.2, 0.25) is 6.10 Å². The number of carboxylic acid groups (broad SMARTS) is 1. The van der Waals surface area contributed by atoms with Crippen LogP contribution in [-0.4, -0.2) is 23.9 Å². The van der Waals surface area contributed by atoms with Crippen LogP contribution in [0.3, 0.4) is 0 Å². The predicted molar refractivity (Wildman–Crippen MR) is 58.6 cm³/mol. The molecule has 0 aromatic heterocycles. The van der Waals surface area contributed by atoms with Crippen molar-refractivity contribution >= 4 is 5.97 Å². The van der Waals surface area contributed by atoms with E-state index in [1.54, 1.807) is 0 Å². The average molecular weight is 298 g/mol. The maximum Gasteiger partial charge on any atom is 0.347 e. The summed E-state index contributed by atoms with van der Waals surface area (Å²) in [6.45, 7) is -0.416. The summed E-state index contributed by atoms with van der Waals surface area (Å²) in [4.78, 5) is 10.6. The minimum Gasteiger partial charge on any atom is -0.478 e. The fourth-order valence-corrected chi connectivity index (χ4v) is 1.40. The van der Waals surface area contributed by atoms with Gasteiger partial charge >= 0.3 is 5.97 Å². The van der Waals surface area contributed by atoms with Crippen LogP contribution in [0.2, 0.25) is 0 Å². The van der Waals surface area contributed by atoms with Crippen LogP contribution in [0.5, 0.6) is 5.75 Å². The summed E-state index contributed by atoms with van der Waals surface area (Å²) in [6.07, 6.45) is -2.83. The molecule has 20 heavy (non-hydrogen) atoms. The van der Waals surface area contributed by atoms with Crippen LogP contribution in [0.15, 0.2) is 12.1 Å². The summed E-state index contributed by atoms with van der Waals surface area (Å²) in [5.41, 5.74) is -1.03. The minimum absolute atomic E-state index is 0.214. The van der Waals surface area contributed by atoms with E-state index in [0.29, 0.717) is 0 Å². The molecule has 0 aliphatic heterocycles. The van der Waals surface area contributed by atoms with E-state index in [1.165, 1.54) is 0 Å². The number of carboxylic acids is 1. The second-order valence-corrected chi connectivity index (χ2v) is 3.92. The molecule has 0 aliphatic carbocycles. The molecule has 8 heteroatoms. The van der Waals surface area contributed by atoms with Crippen molar-refractivity contribution in [2.24, 2.45) is 0 Å². The molecule has 0 heterocycles. The van der Waals surface area contributed by atoms with E-state index in [0.717, 1.165) is 6.92 Å². The largest absolute Gasteiger partial charge is 0.478 e. The molecule has 112 valence electrons. The second-order valence-electron chi connectivity index (χ2n) is 3.92. The third-order valence-electron chi connectivity index (χ3n) is 2.55. The molecular formula is C12H11F5O3. The van der Waals surface area contributed by atoms with Gasteiger partial charge in [-0.25, -0.2) is 26.7 Å². The van der Waals surface area contributed by atoms with E-state index in [4.69, 9.17) is 5.11 Å². The van der Waals surface area contributed by atoms with E-state index in [-0.39, 0.29) is 12.1 Å². The first-order valence-corrected chi connectivity index (χ1v) is 5.55. The Labute approximate surface area is 111 Å². The number of benzene rings is 1. The molecule has 0 unspecified atom stereocenters. The molecule has 0 saturated heterocycles. The van der Waals surface area contributed by atoms with E-state index in [9.17, 15) is 26.7 Å². The van der Waals surface area contributed by atoms with Crippen molar-refractivity contribution in [2.75, 3.05) is 6.67 Å². The molecule has 0 spiro atoms. The topological polar surface area (TPSA) is 46.5 Å². The van der Waals surface area contributed by atoms with Gasteiger partial charge in [-0.2, -0.15) is 0 Å². The summed E-state index contributed by atoms with van der Waals surface area (Å²) in [5, 5.41) is 8.59. The Bertz CT molecular complexity index is 504. The van der Waals surface area contributed by atoms with Gasteiger partial charge in [-0.3, -0.25) is 0 Å². The van der Waals surface area contributed by atoms with Crippen LogP contribution in [0.25, 0.3) is 0 Å². The van der Waals surface area contributed by atoms with E-state index < -0.39 is 54.0 Å². The molecule has 0 saturated carbocycles. The maximum atomic E-state index is 13.6. The van der Waals surface area contributed by atoms with Crippen LogP contribution >= 0.6 is 0 Å².